The molecule has 1 aliphatic heterocycles. The van der Waals surface area contributed by atoms with Crippen molar-refractivity contribution in [1.82, 2.24) is 5.43 Å². The summed E-state index contributed by atoms with van der Waals surface area (Å²) in [5.41, 5.74) is 2.78. The van der Waals surface area contributed by atoms with Gasteiger partial charge in [-0.05, 0) is 25.7 Å². The molecular weight excluding hydrogens is 208 g/mol. The highest BCUT2D eigenvalue weighted by Gasteiger charge is 2.17. The van der Waals surface area contributed by atoms with Crippen LogP contribution in [0.2, 0.25) is 0 Å². The van der Waals surface area contributed by atoms with Crippen LogP contribution in [0.15, 0.2) is 0 Å². The molecule has 1 fully saturated rings. The van der Waals surface area contributed by atoms with Gasteiger partial charge in [-0.15, -0.1) is 0 Å². The topological polar surface area (TPSA) is 65.7 Å². The minimum atomic E-state index is 0.209. The van der Waals surface area contributed by atoms with Gasteiger partial charge in [-0.2, -0.15) is 0 Å². The van der Waals surface area contributed by atoms with E-state index >= 15 is 0 Å². The van der Waals surface area contributed by atoms with E-state index in [2.05, 4.69) is 5.43 Å². The summed E-state index contributed by atoms with van der Waals surface area (Å²) >= 11 is 0. The maximum absolute atomic E-state index is 5.56. The Labute approximate surface area is 97.6 Å². The van der Waals surface area contributed by atoms with Crippen molar-refractivity contribution in [2.24, 2.45) is 5.84 Å². The second-order valence-corrected chi connectivity index (χ2v) is 4.14. The summed E-state index contributed by atoms with van der Waals surface area (Å²) < 4.78 is 15.9. The zero-order valence-corrected chi connectivity index (χ0v) is 10.1. The Morgan fingerprint density at radius 1 is 1.50 bits per heavy atom. The molecule has 0 spiro atoms. The van der Waals surface area contributed by atoms with E-state index in [0.717, 1.165) is 19.4 Å². The van der Waals surface area contributed by atoms with Gasteiger partial charge in [0.15, 0.2) is 0 Å². The van der Waals surface area contributed by atoms with Crippen molar-refractivity contribution in [3.63, 3.8) is 0 Å². The van der Waals surface area contributed by atoms with Crippen LogP contribution < -0.4 is 11.3 Å². The third-order valence-corrected chi connectivity index (χ3v) is 2.85. The van der Waals surface area contributed by atoms with E-state index in [9.17, 15) is 0 Å². The molecular formula is C11H24N2O3. The minimum absolute atomic E-state index is 0.209. The van der Waals surface area contributed by atoms with Crippen molar-refractivity contribution in [2.45, 2.75) is 37.8 Å². The smallest absolute Gasteiger partial charge is 0.0701 e. The van der Waals surface area contributed by atoms with Crippen LogP contribution in [0.5, 0.6) is 0 Å². The van der Waals surface area contributed by atoms with Gasteiger partial charge in [0, 0.05) is 19.8 Å². The van der Waals surface area contributed by atoms with Gasteiger partial charge in [0.05, 0.1) is 25.9 Å². The molecule has 1 rings (SSSR count). The Hall–Kier alpha value is -0.200. The molecule has 2 unspecified atom stereocenters. The first kappa shape index (κ1) is 13.9. The predicted molar refractivity (Wildman–Crippen MR) is 62.0 cm³/mol. The predicted octanol–water partition coefficient (Wildman–Crippen LogP) is 0.441. The molecule has 0 bridgehead atoms. The van der Waals surface area contributed by atoms with Crippen molar-refractivity contribution >= 4 is 0 Å². The molecule has 1 aliphatic rings. The number of nitrogens with two attached hydrogens (primary N) is 1. The van der Waals surface area contributed by atoms with Crippen molar-refractivity contribution in [2.75, 3.05) is 33.5 Å². The number of hydrazine groups is 1. The Morgan fingerprint density at radius 2 is 2.38 bits per heavy atom. The first-order chi connectivity index (χ1) is 7.86. The summed E-state index contributed by atoms with van der Waals surface area (Å²) in [5, 5.41) is 0. The lowest BCUT2D eigenvalue weighted by atomic mass is 10.1. The maximum Gasteiger partial charge on any atom is 0.0701 e. The van der Waals surface area contributed by atoms with Gasteiger partial charge >= 0.3 is 0 Å². The quantitative estimate of drug-likeness (QED) is 0.343. The number of nitrogens with one attached hydrogen (secondary N) is 1. The second-order valence-electron chi connectivity index (χ2n) is 4.14. The van der Waals surface area contributed by atoms with Gasteiger partial charge in [-0.1, -0.05) is 0 Å². The van der Waals surface area contributed by atoms with Gasteiger partial charge in [0.25, 0.3) is 0 Å². The van der Waals surface area contributed by atoms with Crippen LogP contribution in [0.25, 0.3) is 0 Å². The van der Waals surface area contributed by atoms with Gasteiger partial charge < -0.3 is 14.2 Å². The molecule has 0 saturated carbocycles. The third-order valence-electron chi connectivity index (χ3n) is 2.85. The highest BCUT2D eigenvalue weighted by atomic mass is 16.5. The molecule has 16 heavy (non-hydrogen) atoms. The fraction of sp³-hybridized carbons (Fsp3) is 1.00. The highest BCUT2D eigenvalue weighted by molar-refractivity contribution is 4.70. The summed E-state index contributed by atoms with van der Waals surface area (Å²) in [6.07, 6.45) is 4.85. The Balaban J connectivity index is 2.01. The van der Waals surface area contributed by atoms with Crippen LogP contribution in [0.3, 0.4) is 0 Å². The summed E-state index contributed by atoms with van der Waals surface area (Å²) in [6.45, 7) is 2.79. The fourth-order valence-corrected chi connectivity index (χ4v) is 1.84. The normalized spacial score (nSPS) is 22.5. The average Bonchev–Trinajstić information content (AvgIpc) is 2.81. The highest BCUT2D eigenvalue weighted by Crippen LogP contribution is 2.17. The molecule has 5 heteroatoms. The number of hydrogen-bond donors (Lipinski definition) is 2. The van der Waals surface area contributed by atoms with Gasteiger partial charge in [-0.3, -0.25) is 11.3 Å². The second kappa shape index (κ2) is 8.90. The number of hydrogen-bond acceptors (Lipinski definition) is 5. The van der Waals surface area contributed by atoms with E-state index in [4.69, 9.17) is 20.1 Å². The summed E-state index contributed by atoms with van der Waals surface area (Å²) in [5.74, 6) is 5.47. The van der Waals surface area contributed by atoms with Crippen LogP contribution in [0.4, 0.5) is 0 Å². The first-order valence-corrected chi connectivity index (χ1v) is 6.01. The number of rotatable bonds is 9. The van der Waals surface area contributed by atoms with Gasteiger partial charge in [0.1, 0.15) is 0 Å². The molecule has 96 valence electrons. The van der Waals surface area contributed by atoms with E-state index in [0.29, 0.717) is 25.9 Å². The summed E-state index contributed by atoms with van der Waals surface area (Å²) in [7, 11) is 1.67. The number of ether oxygens (including phenoxy) is 3. The SMILES string of the molecule is COCCOCC(CCC1CCCO1)NN. The molecule has 0 aromatic rings. The van der Waals surface area contributed by atoms with E-state index < -0.39 is 0 Å². The lowest BCUT2D eigenvalue weighted by Gasteiger charge is -2.17. The van der Waals surface area contributed by atoms with E-state index in [1.54, 1.807) is 7.11 Å². The standard InChI is InChI=1S/C11H24N2O3/c1-14-7-8-15-9-10(13-12)4-5-11-3-2-6-16-11/h10-11,13H,2-9,12H2,1H3. The van der Waals surface area contributed by atoms with Crippen molar-refractivity contribution in [1.29, 1.82) is 0 Å². The zero-order chi connectivity index (χ0) is 11.6. The van der Waals surface area contributed by atoms with Crippen LogP contribution in [0.1, 0.15) is 25.7 Å². The van der Waals surface area contributed by atoms with Gasteiger partial charge in [-0.25, -0.2) is 0 Å². The summed E-state index contributed by atoms with van der Waals surface area (Å²) in [4.78, 5) is 0. The fourth-order valence-electron chi connectivity index (χ4n) is 1.84. The monoisotopic (exact) mass is 232 g/mol. The van der Waals surface area contributed by atoms with Crippen molar-refractivity contribution in [3.05, 3.63) is 0 Å². The summed E-state index contributed by atoms with van der Waals surface area (Å²) in [6, 6.07) is 0.209. The number of methoxy groups -OCH3 is 1. The van der Waals surface area contributed by atoms with Crippen molar-refractivity contribution < 1.29 is 14.2 Å². The molecule has 0 aromatic heterocycles. The Bertz CT molecular complexity index is 163. The first-order valence-electron chi connectivity index (χ1n) is 6.01. The maximum atomic E-state index is 5.56. The van der Waals surface area contributed by atoms with Crippen LogP contribution in [-0.4, -0.2) is 45.7 Å². The molecule has 0 amide bonds. The van der Waals surface area contributed by atoms with Gasteiger partial charge in [0.2, 0.25) is 0 Å². The molecule has 2 atom stereocenters. The molecule has 0 aromatic carbocycles. The minimum Gasteiger partial charge on any atom is -0.382 e. The lowest BCUT2D eigenvalue weighted by Crippen LogP contribution is -2.39. The Morgan fingerprint density at radius 3 is 3.00 bits per heavy atom. The third kappa shape index (κ3) is 5.77. The van der Waals surface area contributed by atoms with Crippen molar-refractivity contribution in [3.8, 4) is 0 Å². The van der Waals surface area contributed by atoms with E-state index in [-0.39, 0.29) is 6.04 Å². The molecule has 5 nitrogen and oxygen atoms in total. The average molecular weight is 232 g/mol. The molecule has 1 saturated heterocycles. The molecule has 0 aliphatic carbocycles. The largest absolute Gasteiger partial charge is 0.382 e. The lowest BCUT2D eigenvalue weighted by molar-refractivity contribution is 0.0517. The zero-order valence-electron chi connectivity index (χ0n) is 10.1. The van der Waals surface area contributed by atoms with E-state index in [1.165, 1.54) is 12.8 Å². The van der Waals surface area contributed by atoms with Crippen LogP contribution >= 0.6 is 0 Å². The Kier molecular flexibility index (Phi) is 7.71. The molecule has 0 radical (unpaired) electrons. The molecule has 1 heterocycles. The molecule has 3 N–H and O–H groups in total. The van der Waals surface area contributed by atoms with Crippen LogP contribution in [-0.2, 0) is 14.2 Å². The van der Waals surface area contributed by atoms with E-state index in [1.807, 2.05) is 0 Å². The van der Waals surface area contributed by atoms with Crippen LogP contribution in [0, 0.1) is 0 Å².